The number of halogens is 1. The molecule has 0 aliphatic carbocycles. The fourth-order valence-electron chi connectivity index (χ4n) is 2.86. The summed E-state index contributed by atoms with van der Waals surface area (Å²) in [5.41, 5.74) is 2.24. The summed E-state index contributed by atoms with van der Waals surface area (Å²) in [5.74, 6) is 0. The van der Waals surface area contributed by atoms with Crippen molar-refractivity contribution in [2.24, 2.45) is 0 Å². The van der Waals surface area contributed by atoms with Gasteiger partial charge in [0.2, 0.25) is 0 Å². The van der Waals surface area contributed by atoms with Crippen LogP contribution >= 0.6 is 15.9 Å². The lowest BCUT2D eigenvalue weighted by molar-refractivity contribution is 0.154. The summed E-state index contributed by atoms with van der Waals surface area (Å²) >= 11 is 3.58. The predicted molar refractivity (Wildman–Crippen MR) is 76.7 cm³/mol. The number of fused-ring (bicyclic) bond motifs is 1. The number of piperidine rings is 1. The van der Waals surface area contributed by atoms with Gasteiger partial charge in [-0.15, -0.1) is 0 Å². The number of rotatable bonds is 2. The molecule has 1 atom stereocenters. The van der Waals surface area contributed by atoms with Crippen molar-refractivity contribution in [3.8, 4) is 0 Å². The zero-order valence-corrected chi connectivity index (χ0v) is 12.2. The van der Waals surface area contributed by atoms with Gasteiger partial charge in [0.25, 0.3) is 0 Å². The van der Waals surface area contributed by atoms with Crippen LogP contribution in [0, 0.1) is 0 Å². The van der Waals surface area contributed by atoms with Gasteiger partial charge in [-0.3, -0.25) is 9.30 Å². The highest BCUT2D eigenvalue weighted by Crippen LogP contribution is 2.30. The van der Waals surface area contributed by atoms with E-state index >= 15 is 0 Å². The van der Waals surface area contributed by atoms with E-state index in [1.165, 1.54) is 31.5 Å². The largest absolute Gasteiger partial charge is 0.295 e. The highest BCUT2D eigenvalue weighted by atomic mass is 79.9. The van der Waals surface area contributed by atoms with E-state index in [-0.39, 0.29) is 0 Å². The van der Waals surface area contributed by atoms with Crippen LogP contribution in [0.15, 0.2) is 29.0 Å². The smallest absolute Gasteiger partial charge is 0.137 e. The van der Waals surface area contributed by atoms with Crippen molar-refractivity contribution < 1.29 is 0 Å². The number of hydrogen-bond acceptors (Lipinski definition) is 2. The Bertz CT molecular complexity index is 549. The van der Waals surface area contributed by atoms with Crippen molar-refractivity contribution in [2.75, 3.05) is 13.1 Å². The Labute approximate surface area is 116 Å². The van der Waals surface area contributed by atoms with Crippen molar-refractivity contribution >= 4 is 21.6 Å². The fraction of sp³-hybridized carbons (Fsp3) is 0.500. The third kappa shape index (κ3) is 2.08. The zero-order chi connectivity index (χ0) is 12.5. The average Bonchev–Trinajstić information content (AvgIpc) is 2.84. The highest BCUT2D eigenvalue weighted by Gasteiger charge is 2.24. The molecule has 0 radical (unpaired) electrons. The molecule has 0 saturated carbocycles. The summed E-state index contributed by atoms with van der Waals surface area (Å²) in [5, 5.41) is 0. The molecule has 2 aromatic rings. The van der Waals surface area contributed by atoms with Gasteiger partial charge in [-0.25, -0.2) is 4.98 Å². The molecule has 1 aliphatic rings. The van der Waals surface area contributed by atoms with Crippen molar-refractivity contribution in [3.63, 3.8) is 0 Å². The Morgan fingerprint density at radius 2 is 2.28 bits per heavy atom. The zero-order valence-electron chi connectivity index (χ0n) is 10.6. The van der Waals surface area contributed by atoms with Gasteiger partial charge < -0.3 is 0 Å². The van der Waals surface area contributed by atoms with E-state index < -0.39 is 0 Å². The minimum Gasteiger partial charge on any atom is -0.295 e. The Morgan fingerprint density at radius 3 is 3.06 bits per heavy atom. The SMILES string of the molecule is CCN1CCCCC1c1cn2c(Br)cccc2n1. The molecule has 96 valence electrons. The molecule has 18 heavy (non-hydrogen) atoms. The topological polar surface area (TPSA) is 20.5 Å². The van der Waals surface area contributed by atoms with Gasteiger partial charge in [0, 0.05) is 6.20 Å². The molecule has 3 rings (SSSR count). The van der Waals surface area contributed by atoms with Crippen molar-refractivity contribution in [1.29, 1.82) is 0 Å². The van der Waals surface area contributed by atoms with E-state index in [0.29, 0.717) is 6.04 Å². The molecule has 1 fully saturated rings. The molecular formula is C14H18BrN3. The number of hydrogen-bond donors (Lipinski definition) is 0. The van der Waals surface area contributed by atoms with E-state index in [9.17, 15) is 0 Å². The predicted octanol–water partition coefficient (Wildman–Crippen LogP) is 3.64. The lowest BCUT2D eigenvalue weighted by Crippen LogP contribution is -2.33. The molecule has 0 aromatic carbocycles. The molecule has 2 aromatic heterocycles. The second-order valence-electron chi connectivity index (χ2n) is 4.88. The van der Waals surface area contributed by atoms with Crippen molar-refractivity contribution in [3.05, 3.63) is 34.7 Å². The monoisotopic (exact) mass is 307 g/mol. The van der Waals surface area contributed by atoms with Crippen LogP contribution in [-0.4, -0.2) is 27.4 Å². The van der Waals surface area contributed by atoms with Crippen molar-refractivity contribution in [1.82, 2.24) is 14.3 Å². The number of imidazole rings is 1. The van der Waals surface area contributed by atoms with Gasteiger partial charge >= 0.3 is 0 Å². The molecule has 0 N–H and O–H groups in total. The number of aromatic nitrogens is 2. The van der Waals surface area contributed by atoms with Crippen LogP contribution in [0.25, 0.3) is 5.65 Å². The van der Waals surface area contributed by atoms with E-state index in [1.54, 1.807) is 0 Å². The van der Waals surface area contributed by atoms with Gasteiger partial charge in [0.1, 0.15) is 5.65 Å². The third-order valence-electron chi connectivity index (χ3n) is 3.82. The Kier molecular flexibility index (Phi) is 3.39. The number of nitrogens with zero attached hydrogens (tertiary/aromatic N) is 3. The van der Waals surface area contributed by atoms with Crippen LogP contribution in [0.4, 0.5) is 0 Å². The van der Waals surface area contributed by atoms with Gasteiger partial charge in [-0.1, -0.05) is 19.4 Å². The molecule has 0 amide bonds. The average molecular weight is 308 g/mol. The van der Waals surface area contributed by atoms with E-state index in [4.69, 9.17) is 4.98 Å². The lowest BCUT2D eigenvalue weighted by Gasteiger charge is -2.33. The Morgan fingerprint density at radius 1 is 1.39 bits per heavy atom. The first-order valence-electron chi connectivity index (χ1n) is 6.67. The van der Waals surface area contributed by atoms with Crippen LogP contribution in [-0.2, 0) is 0 Å². The highest BCUT2D eigenvalue weighted by molar-refractivity contribution is 9.10. The fourth-order valence-corrected chi connectivity index (χ4v) is 3.30. The first-order chi connectivity index (χ1) is 8.79. The van der Waals surface area contributed by atoms with E-state index in [2.05, 4.69) is 50.5 Å². The van der Waals surface area contributed by atoms with Gasteiger partial charge in [-0.05, 0) is 54.0 Å². The van der Waals surface area contributed by atoms with Crippen LogP contribution in [0.1, 0.15) is 37.9 Å². The maximum atomic E-state index is 4.79. The minimum absolute atomic E-state index is 0.496. The Hall–Kier alpha value is -0.870. The summed E-state index contributed by atoms with van der Waals surface area (Å²) in [6.45, 7) is 4.56. The normalized spacial score (nSPS) is 21.6. The second kappa shape index (κ2) is 5.02. The molecule has 4 heteroatoms. The number of pyridine rings is 1. The van der Waals surface area contributed by atoms with Gasteiger partial charge in [0.05, 0.1) is 16.3 Å². The molecule has 3 nitrogen and oxygen atoms in total. The van der Waals surface area contributed by atoms with Gasteiger partial charge in [-0.2, -0.15) is 0 Å². The summed E-state index contributed by atoms with van der Waals surface area (Å²) < 4.78 is 3.19. The maximum Gasteiger partial charge on any atom is 0.137 e. The van der Waals surface area contributed by atoms with Crippen molar-refractivity contribution in [2.45, 2.75) is 32.2 Å². The molecule has 1 saturated heterocycles. The summed E-state index contributed by atoms with van der Waals surface area (Å²) in [6.07, 6.45) is 6.05. The summed E-state index contributed by atoms with van der Waals surface area (Å²) in [7, 11) is 0. The summed E-state index contributed by atoms with van der Waals surface area (Å²) in [4.78, 5) is 7.33. The molecule has 0 spiro atoms. The molecule has 1 unspecified atom stereocenters. The number of likely N-dealkylation sites (tertiary alicyclic amines) is 1. The minimum atomic E-state index is 0.496. The standard InChI is InChI=1S/C14H18BrN3/c1-2-17-9-4-3-6-12(17)11-10-18-13(15)7-5-8-14(18)16-11/h5,7-8,10,12H,2-4,6,9H2,1H3. The first kappa shape index (κ1) is 12.2. The molecule has 3 heterocycles. The van der Waals surface area contributed by atoms with Crippen LogP contribution in [0.5, 0.6) is 0 Å². The molecule has 0 bridgehead atoms. The Balaban J connectivity index is 2.00. The quantitative estimate of drug-likeness (QED) is 0.790. The maximum absolute atomic E-state index is 4.79. The van der Waals surface area contributed by atoms with E-state index in [0.717, 1.165) is 16.8 Å². The summed E-state index contributed by atoms with van der Waals surface area (Å²) in [6, 6.07) is 6.65. The van der Waals surface area contributed by atoms with Gasteiger partial charge in [0.15, 0.2) is 0 Å². The first-order valence-corrected chi connectivity index (χ1v) is 7.46. The van der Waals surface area contributed by atoms with Crippen LogP contribution < -0.4 is 0 Å². The second-order valence-corrected chi connectivity index (χ2v) is 5.70. The molecule has 1 aliphatic heterocycles. The third-order valence-corrected chi connectivity index (χ3v) is 4.47. The van der Waals surface area contributed by atoms with Crippen LogP contribution in [0.2, 0.25) is 0 Å². The van der Waals surface area contributed by atoms with Crippen LogP contribution in [0.3, 0.4) is 0 Å². The lowest BCUT2D eigenvalue weighted by atomic mass is 10.00. The molecular weight excluding hydrogens is 290 g/mol. The van der Waals surface area contributed by atoms with E-state index in [1.807, 2.05) is 6.07 Å².